The summed E-state index contributed by atoms with van der Waals surface area (Å²) >= 11 is 0. The fourth-order valence-electron chi connectivity index (χ4n) is 2.33. The number of hydrogen-bond acceptors (Lipinski definition) is 6. The second-order valence-electron chi connectivity index (χ2n) is 8.83. The molecule has 0 aliphatic rings. The van der Waals surface area contributed by atoms with Gasteiger partial charge in [0.2, 0.25) is 0 Å². The predicted octanol–water partition coefficient (Wildman–Crippen LogP) is 3.88. The van der Waals surface area contributed by atoms with Crippen LogP contribution in [0.25, 0.3) is 0 Å². The summed E-state index contributed by atoms with van der Waals surface area (Å²) in [5.74, 6) is -0.524. The first-order valence-corrected chi connectivity index (χ1v) is 10.00. The van der Waals surface area contributed by atoms with E-state index in [0.29, 0.717) is 6.42 Å². The first-order valence-electron chi connectivity index (χ1n) is 10.00. The zero-order chi connectivity index (χ0) is 22.8. The third-order valence-electron chi connectivity index (χ3n) is 3.48. The van der Waals surface area contributed by atoms with E-state index in [0.717, 1.165) is 5.56 Å². The molecule has 0 spiro atoms. The molecule has 2 amide bonds. The maximum absolute atomic E-state index is 12.4. The average Bonchev–Trinajstić information content (AvgIpc) is 2.60. The van der Waals surface area contributed by atoms with Crippen molar-refractivity contribution >= 4 is 18.2 Å². The molecule has 0 heterocycles. The highest BCUT2D eigenvalue weighted by molar-refractivity contribution is 5.78. The number of carbonyl (C=O) groups excluding carboxylic acids is 3. The van der Waals surface area contributed by atoms with E-state index in [1.165, 1.54) is 4.90 Å². The lowest BCUT2D eigenvalue weighted by Crippen LogP contribution is -2.42. The monoisotopic (exact) mass is 422 g/mol. The molecular formula is C22H34N2O6. The van der Waals surface area contributed by atoms with Crippen molar-refractivity contribution < 1.29 is 28.6 Å². The SMILES string of the molecule is CC(C)(C)OC(=O)CN(CCCNC(=O)OCc1ccccc1)C(=O)OC(C)(C)C. The van der Waals surface area contributed by atoms with E-state index in [-0.39, 0.29) is 26.2 Å². The van der Waals surface area contributed by atoms with Gasteiger partial charge in [-0.25, -0.2) is 9.59 Å². The Kier molecular flexibility index (Phi) is 9.62. The van der Waals surface area contributed by atoms with E-state index in [1.54, 1.807) is 41.5 Å². The molecule has 0 saturated carbocycles. The van der Waals surface area contributed by atoms with Crippen LogP contribution in [0.4, 0.5) is 9.59 Å². The lowest BCUT2D eigenvalue weighted by molar-refractivity contribution is -0.156. The van der Waals surface area contributed by atoms with E-state index in [1.807, 2.05) is 30.3 Å². The summed E-state index contributed by atoms with van der Waals surface area (Å²) in [4.78, 5) is 37.6. The third-order valence-corrected chi connectivity index (χ3v) is 3.48. The molecule has 1 N–H and O–H groups in total. The van der Waals surface area contributed by atoms with Gasteiger partial charge in [0.25, 0.3) is 0 Å². The van der Waals surface area contributed by atoms with Gasteiger partial charge < -0.3 is 19.5 Å². The molecule has 1 aromatic rings. The molecule has 8 heteroatoms. The zero-order valence-corrected chi connectivity index (χ0v) is 18.8. The van der Waals surface area contributed by atoms with Gasteiger partial charge in [0, 0.05) is 13.1 Å². The molecule has 1 aromatic carbocycles. The minimum Gasteiger partial charge on any atom is -0.459 e. The van der Waals surface area contributed by atoms with Crippen molar-refractivity contribution in [3.8, 4) is 0 Å². The van der Waals surface area contributed by atoms with Crippen molar-refractivity contribution in [2.24, 2.45) is 0 Å². The van der Waals surface area contributed by atoms with Crippen molar-refractivity contribution in [2.45, 2.75) is 65.8 Å². The second kappa shape index (κ2) is 11.4. The van der Waals surface area contributed by atoms with Gasteiger partial charge in [-0.3, -0.25) is 9.69 Å². The smallest absolute Gasteiger partial charge is 0.410 e. The highest BCUT2D eigenvalue weighted by Gasteiger charge is 2.26. The van der Waals surface area contributed by atoms with Crippen LogP contribution < -0.4 is 5.32 Å². The molecule has 0 aliphatic carbocycles. The number of esters is 1. The fraction of sp³-hybridized carbons (Fsp3) is 0.591. The van der Waals surface area contributed by atoms with Crippen LogP contribution in [-0.2, 0) is 25.6 Å². The normalized spacial score (nSPS) is 11.4. The molecule has 1 rings (SSSR count). The molecule has 0 aliphatic heterocycles. The molecule has 0 fully saturated rings. The van der Waals surface area contributed by atoms with Crippen LogP contribution in [0.15, 0.2) is 30.3 Å². The summed E-state index contributed by atoms with van der Waals surface area (Å²) in [6.07, 6.45) is -0.738. The van der Waals surface area contributed by atoms with E-state index >= 15 is 0 Å². The number of benzene rings is 1. The number of rotatable bonds is 8. The zero-order valence-electron chi connectivity index (χ0n) is 18.8. The Bertz CT molecular complexity index is 692. The van der Waals surface area contributed by atoms with Crippen LogP contribution in [0.2, 0.25) is 0 Å². The second-order valence-corrected chi connectivity index (χ2v) is 8.83. The van der Waals surface area contributed by atoms with E-state index in [2.05, 4.69) is 5.32 Å². The van der Waals surface area contributed by atoms with Gasteiger partial charge in [0.1, 0.15) is 24.4 Å². The first kappa shape index (κ1) is 25.3. The Hall–Kier alpha value is -2.77. The topological polar surface area (TPSA) is 94.2 Å². The number of alkyl carbamates (subject to hydrolysis) is 1. The number of nitrogens with one attached hydrogen (secondary N) is 1. The highest BCUT2D eigenvalue weighted by Crippen LogP contribution is 2.12. The van der Waals surface area contributed by atoms with Crippen molar-refractivity contribution in [1.29, 1.82) is 0 Å². The Balaban J connectivity index is 2.48. The van der Waals surface area contributed by atoms with Gasteiger partial charge in [-0.1, -0.05) is 30.3 Å². The fourth-order valence-corrected chi connectivity index (χ4v) is 2.33. The van der Waals surface area contributed by atoms with Crippen molar-refractivity contribution in [2.75, 3.05) is 19.6 Å². The quantitative estimate of drug-likeness (QED) is 0.388. The lowest BCUT2D eigenvalue weighted by atomic mass is 10.2. The maximum atomic E-state index is 12.4. The Morgan fingerprint density at radius 3 is 2.10 bits per heavy atom. The molecule has 0 atom stereocenters. The van der Waals surface area contributed by atoms with Crippen LogP contribution in [0.1, 0.15) is 53.5 Å². The summed E-state index contributed by atoms with van der Waals surface area (Å²) in [5, 5.41) is 2.63. The summed E-state index contributed by atoms with van der Waals surface area (Å²) in [7, 11) is 0. The van der Waals surface area contributed by atoms with Gasteiger partial charge in [0.15, 0.2) is 0 Å². The molecule has 0 radical (unpaired) electrons. The number of nitrogens with zero attached hydrogens (tertiary/aromatic N) is 1. The van der Waals surface area contributed by atoms with Gasteiger partial charge >= 0.3 is 18.2 Å². The number of ether oxygens (including phenoxy) is 3. The Morgan fingerprint density at radius 1 is 0.933 bits per heavy atom. The molecule has 0 aromatic heterocycles. The summed E-state index contributed by atoms with van der Waals surface area (Å²) in [5.41, 5.74) is -0.454. The Morgan fingerprint density at radius 2 is 1.53 bits per heavy atom. The number of amides is 2. The van der Waals surface area contributed by atoms with Gasteiger partial charge in [-0.15, -0.1) is 0 Å². The van der Waals surface area contributed by atoms with Crippen molar-refractivity contribution in [3.05, 3.63) is 35.9 Å². The van der Waals surface area contributed by atoms with Crippen LogP contribution >= 0.6 is 0 Å². The van der Waals surface area contributed by atoms with Gasteiger partial charge in [-0.2, -0.15) is 0 Å². The lowest BCUT2D eigenvalue weighted by Gasteiger charge is -2.28. The summed E-state index contributed by atoms with van der Waals surface area (Å²) in [6, 6.07) is 9.35. The minimum absolute atomic E-state index is 0.176. The first-order chi connectivity index (χ1) is 13.9. The van der Waals surface area contributed by atoms with E-state index in [4.69, 9.17) is 14.2 Å². The van der Waals surface area contributed by atoms with Crippen molar-refractivity contribution in [3.63, 3.8) is 0 Å². The molecular weight excluding hydrogens is 388 g/mol. The van der Waals surface area contributed by atoms with Crippen LogP contribution in [0, 0.1) is 0 Å². The van der Waals surface area contributed by atoms with Crippen LogP contribution in [0.5, 0.6) is 0 Å². The van der Waals surface area contributed by atoms with Gasteiger partial charge in [0.05, 0.1) is 0 Å². The molecule has 168 valence electrons. The summed E-state index contributed by atoms with van der Waals surface area (Å²) < 4.78 is 15.8. The average molecular weight is 423 g/mol. The Labute approximate surface area is 178 Å². The maximum Gasteiger partial charge on any atom is 0.410 e. The summed E-state index contributed by atoms with van der Waals surface area (Å²) in [6.45, 7) is 11.0. The molecule has 30 heavy (non-hydrogen) atoms. The largest absolute Gasteiger partial charge is 0.459 e. The minimum atomic E-state index is -0.692. The molecule has 0 unspecified atom stereocenters. The predicted molar refractivity (Wildman–Crippen MR) is 113 cm³/mol. The van der Waals surface area contributed by atoms with E-state index < -0.39 is 29.4 Å². The van der Waals surface area contributed by atoms with Gasteiger partial charge in [-0.05, 0) is 53.5 Å². The standard InChI is InChI=1S/C22H34N2O6/c1-21(2,3)29-18(25)15-24(20(27)30-22(4,5)6)14-10-13-23-19(26)28-16-17-11-8-7-9-12-17/h7-9,11-12H,10,13-16H2,1-6H3,(H,23,26). The molecule has 8 nitrogen and oxygen atoms in total. The number of carbonyl (C=O) groups is 3. The molecule has 0 saturated heterocycles. The van der Waals surface area contributed by atoms with E-state index in [9.17, 15) is 14.4 Å². The highest BCUT2D eigenvalue weighted by atomic mass is 16.6. The van der Waals surface area contributed by atoms with Crippen molar-refractivity contribution in [1.82, 2.24) is 10.2 Å². The molecule has 0 bridgehead atoms. The van der Waals surface area contributed by atoms with Crippen LogP contribution in [-0.4, -0.2) is 53.9 Å². The van der Waals surface area contributed by atoms with Crippen LogP contribution in [0.3, 0.4) is 0 Å². The third kappa shape index (κ3) is 11.9. The number of hydrogen-bond donors (Lipinski definition) is 1.